The first kappa shape index (κ1) is 19.4. The van der Waals surface area contributed by atoms with Crippen molar-refractivity contribution in [1.29, 1.82) is 0 Å². The molecule has 0 saturated carbocycles. The summed E-state index contributed by atoms with van der Waals surface area (Å²) in [4.78, 5) is 16.7. The molecule has 1 atom stereocenters. The van der Waals surface area contributed by atoms with Gasteiger partial charge in [0.05, 0.1) is 13.7 Å². The van der Waals surface area contributed by atoms with Gasteiger partial charge in [0, 0.05) is 37.9 Å². The average Bonchev–Trinajstić information content (AvgIpc) is 3.04. The highest BCUT2D eigenvalue weighted by molar-refractivity contribution is 5.70. The van der Waals surface area contributed by atoms with Crippen LogP contribution in [0.25, 0.3) is 0 Å². The first-order chi connectivity index (χ1) is 11.7. The van der Waals surface area contributed by atoms with Gasteiger partial charge in [0.2, 0.25) is 0 Å². The van der Waals surface area contributed by atoms with E-state index in [4.69, 9.17) is 9.47 Å². The van der Waals surface area contributed by atoms with Crippen molar-refractivity contribution in [3.05, 3.63) is 23.8 Å². The van der Waals surface area contributed by atoms with Crippen molar-refractivity contribution in [2.75, 3.05) is 39.2 Å². The average molecular weight is 349 g/mol. The predicted molar refractivity (Wildman–Crippen MR) is 100 cm³/mol. The molecule has 2 rings (SSSR count). The van der Waals surface area contributed by atoms with Gasteiger partial charge in [-0.25, -0.2) is 4.79 Å². The molecule has 1 heterocycles. The van der Waals surface area contributed by atoms with Crippen molar-refractivity contribution in [1.82, 2.24) is 10.2 Å². The summed E-state index contributed by atoms with van der Waals surface area (Å²) in [5, 5.41) is 3.33. The number of hydrogen-bond acceptors (Lipinski definition) is 5. The first-order valence-corrected chi connectivity index (χ1v) is 8.76. The van der Waals surface area contributed by atoms with Crippen LogP contribution in [0.1, 0.15) is 32.8 Å². The molecule has 0 aromatic heterocycles. The van der Waals surface area contributed by atoms with E-state index in [0.29, 0.717) is 6.54 Å². The summed E-state index contributed by atoms with van der Waals surface area (Å²) < 4.78 is 11.2. The second-order valence-electron chi connectivity index (χ2n) is 7.61. The zero-order valence-corrected chi connectivity index (χ0v) is 16.3. The fraction of sp³-hybridized carbons (Fsp3) is 0.632. The van der Waals surface area contributed by atoms with E-state index < -0.39 is 5.60 Å². The number of amides is 1. The molecule has 1 amide bonds. The number of anilines is 1. The molecule has 1 aliphatic rings. The quantitative estimate of drug-likeness (QED) is 0.886. The van der Waals surface area contributed by atoms with Gasteiger partial charge in [0.1, 0.15) is 11.4 Å². The third kappa shape index (κ3) is 5.01. The molecule has 0 spiro atoms. The molecule has 1 aliphatic heterocycles. The highest BCUT2D eigenvalue weighted by Crippen LogP contribution is 2.31. The van der Waals surface area contributed by atoms with Crippen molar-refractivity contribution < 1.29 is 14.3 Å². The minimum Gasteiger partial charge on any atom is -0.496 e. The summed E-state index contributed by atoms with van der Waals surface area (Å²) in [6.45, 7) is 7.83. The molecule has 0 aliphatic carbocycles. The van der Waals surface area contributed by atoms with Crippen LogP contribution in [0, 0.1) is 0 Å². The minimum atomic E-state index is -0.521. The maximum Gasteiger partial charge on any atom is 0.410 e. The number of hydrogen-bond donors (Lipinski definition) is 1. The first-order valence-electron chi connectivity index (χ1n) is 8.76. The smallest absolute Gasteiger partial charge is 0.410 e. The van der Waals surface area contributed by atoms with Gasteiger partial charge in [-0.15, -0.1) is 0 Å². The predicted octanol–water partition coefficient (Wildman–Crippen LogP) is 2.86. The Hall–Kier alpha value is -1.95. The van der Waals surface area contributed by atoms with Crippen molar-refractivity contribution in [3.8, 4) is 5.75 Å². The summed E-state index contributed by atoms with van der Waals surface area (Å²) >= 11 is 0. The number of rotatable bonds is 5. The van der Waals surface area contributed by atoms with Crippen LogP contribution in [0.5, 0.6) is 5.75 Å². The molecule has 1 N–H and O–H groups in total. The van der Waals surface area contributed by atoms with E-state index in [9.17, 15) is 4.79 Å². The van der Waals surface area contributed by atoms with Crippen LogP contribution in [0.3, 0.4) is 0 Å². The standard InChI is InChI=1S/C19H31N3O3/c1-19(2,3)25-18(23)22(14-10-11-20-12-14)13-15-16(21(4)5)8-7-9-17(15)24-6/h7-9,14,20H,10-13H2,1-6H3. The van der Waals surface area contributed by atoms with E-state index in [0.717, 1.165) is 36.5 Å². The van der Waals surface area contributed by atoms with E-state index in [1.807, 2.05) is 62.9 Å². The number of nitrogens with zero attached hydrogens (tertiary/aromatic N) is 2. The van der Waals surface area contributed by atoms with Crippen LogP contribution in [0.15, 0.2) is 18.2 Å². The minimum absolute atomic E-state index is 0.120. The van der Waals surface area contributed by atoms with Crippen LogP contribution >= 0.6 is 0 Å². The van der Waals surface area contributed by atoms with Gasteiger partial charge < -0.3 is 19.7 Å². The van der Waals surface area contributed by atoms with Gasteiger partial charge in [0.15, 0.2) is 0 Å². The lowest BCUT2D eigenvalue weighted by atomic mass is 10.1. The van der Waals surface area contributed by atoms with Crippen LogP contribution < -0.4 is 15.0 Å². The lowest BCUT2D eigenvalue weighted by Gasteiger charge is -2.32. The number of carbonyl (C=O) groups excluding carboxylic acids is 1. The summed E-state index contributed by atoms with van der Waals surface area (Å²) in [6, 6.07) is 6.06. The zero-order chi connectivity index (χ0) is 18.6. The van der Waals surface area contributed by atoms with Crippen molar-refractivity contribution in [2.24, 2.45) is 0 Å². The third-order valence-corrected chi connectivity index (χ3v) is 4.24. The van der Waals surface area contributed by atoms with E-state index in [1.165, 1.54) is 0 Å². The zero-order valence-electron chi connectivity index (χ0n) is 16.3. The van der Waals surface area contributed by atoms with E-state index >= 15 is 0 Å². The SMILES string of the molecule is COc1cccc(N(C)C)c1CN(C(=O)OC(C)(C)C)C1CCNC1. The fourth-order valence-corrected chi connectivity index (χ4v) is 3.06. The number of nitrogens with one attached hydrogen (secondary N) is 1. The van der Waals surface area contributed by atoms with Gasteiger partial charge in [-0.3, -0.25) is 4.90 Å². The normalized spacial score (nSPS) is 17.3. The summed E-state index contributed by atoms with van der Waals surface area (Å²) in [7, 11) is 5.65. The molecule has 1 aromatic carbocycles. The Kier molecular flexibility index (Phi) is 6.16. The Morgan fingerprint density at radius 2 is 2.04 bits per heavy atom. The van der Waals surface area contributed by atoms with Crippen molar-refractivity contribution in [3.63, 3.8) is 0 Å². The lowest BCUT2D eigenvalue weighted by molar-refractivity contribution is 0.0156. The second kappa shape index (κ2) is 7.95. The van der Waals surface area contributed by atoms with Crippen molar-refractivity contribution >= 4 is 11.8 Å². The van der Waals surface area contributed by atoms with E-state index in [2.05, 4.69) is 5.32 Å². The molecule has 6 heteroatoms. The topological polar surface area (TPSA) is 54.0 Å². The van der Waals surface area contributed by atoms with Gasteiger partial charge in [-0.2, -0.15) is 0 Å². The lowest BCUT2D eigenvalue weighted by Crippen LogP contribution is -2.44. The monoisotopic (exact) mass is 349 g/mol. The van der Waals surface area contributed by atoms with E-state index in [-0.39, 0.29) is 12.1 Å². The number of carbonyl (C=O) groups is 1. The number of methoxy groups -OCH3 is 1. The van der Waals surface area contributed by atoms with Crippen LogP contribution in [0.4, 0.5) is 10.5 Å². The van der Waals surface area contributed by atoms with Gasteiger partial charge in [-0.05, 0) is 45.9 Å². The highest BCUT2D eigenvalue weighted by Gasteiger charge is 2.31. The molecule has 0 radical (unpaired) electrons. The number of benzene rings is 1. The van der Waals surface area contributed by atoms with Crippen molar-refractivity contribution in [2.45, 2.75) is 45.4 Å². The molecule has 140 valence electrons. The molecule has 1 unspecified atom stereocenters. The Morgan fingerprint density at radius 3 is 2.56 bits per heavy atom. The fourth-order valence-electron chi connectivity index (χ4n) is 3.06. The molecular formula is C19H31N3O3. The summed E-state index contributed by atoms with van der Waals surface area (Å²) in [5.74, 6) is 0.783. The molecule has 6 nitrogen and oxygen atoms in total. The molecule has 1 saturated heterocycles. The largest absolute Gasteiger partial charge is 0.496 e. The number of ether oxygens (including phenoxy) is 2. The highest BCUT2D eigenvalue weighted by atomic mass is 16.6. The molecular weight excluding hydrogens is 318 g/mol. The Balaban J connectivity index is 2.35. The Morgan fingerprint density at radius 1 is 1.32 bits per heavy atom. The van der Waals surface area contributed by atoms with Gasteiger partial charge in [-0.1, -0.05) is 6.07 Å². The van der Waals surface area contributed by atoms with Crippen LogP contribution in [-0.4, -0.2) is 56.9 Å². The van der Waals surface area contributed by atoms with E-state index in [1.54, 1.807) is 7.11 Å². The Bertz CT molecular complexity index is 590. The molecule has 1 aromatic rings. The van der Waals surface area contributed by atoms with Crippen LogP contribution in [0.2, 0.25) is 0 Å². The Labute approximate surface area is 151 Å². The molecule has 1 fully saturated rings. The van der Waals surface area contributed by atoms with Gasteiger partial charge >= 0.3 is 6.09 Å². The van der Waals surface area contributed by atoms with Gasteiger partial charge in [0.25, 0.3) is 0 Å². The summed E-state index contributed by atoms with van der Waals surface area (Å²) in [5.41, 5.74) is 1.51. The third-order valence-electron chi connectivity index (χ3n) is 4.24. The maximum absolute atomic E-state index is 12.9. The maximum atomic E-state index is 12.9. The summed E-state index contributed by atoms with van der Waals surface area (Å²) in [6.07, 6.45) is 0.642. The second-order valence-corrected chi connectivity index (χ2v) is 7.61. The molecule has 0 bridgehead atoms. The van der Waals surface area contributed by atoms with Crippen LogP contribution in [-0.2, 0) is 11.3 Å². The molecule has 25 heavy (non-hydrogen) atoms.